The van der Waals surface area contributed by atoms with Gasteiger partial charge in [-0.05, 0) is 22.3 Å². The number of aromatic nitrogens is 2. The highest BCUT2D eigenvalue weighted by atomic mass is 35.5. The van der Waals surface area contributed by atoms with Crippen LogP contribution in [-0.4, -0.2) is 58.3 Å². The molecule has 25 heavy (non-hydrogen) atoms. The molecule has 0 unspecified atom stereocenters. The van der Waals surface area contributed by atoms with Gasteiger partial charge in [0.15, 0.2) is 0 Å². The Hall–Kier alpha value is -2.61. The summed E-state index contributed by atoms with van der Waals surface area (Å²) in [7, 11) is 0. The van der Waals surface area contributed by atoms with Gasteiger partial charge in [-0.15, -0.1) is 0 Å². The Bertz CT molecular complexity index is 737. The Balaban J connectivity index is 1.53. The topological polar surface area (TPSA) is 88.8 Å². The second kappa shape index (κ2) is 7.98. The van der Waals surface area contributed by atoms with Gasteiger partial charge in [0.1, 0.15) is 6.61 Å². The Labute approximate surface area is 149 Å². The minimum atomic E-state index is -0.390. The van der Waals surface area contributed by atoms with Gasteiger partial charge in [0, 0.05) is 26.2 Å². The summed E-state index contributed by atoms with van der Waals surface area (Å²) in [5.74, 6) is -0.356. The number of ether oxygens (including phenoxy) is 1. The first-order valence-electron chi connectivity index (χ1n) is 7.88. The molecule has 0 saturated carbocycles. The summed E-state index contributed by atoms with van der Waals surface area (Å²) in [5, 5.41) is 6.86. The van der Waals surface area contributed by atoms with Crippen LogP contribution in [0, 0.1) is 0 Å². The third kappa shape index (κ3) is 4.27. The molecule has 3 rings (SSSR count). The van der Waals surface area contributed by atoms with Crippen LogP contribution in [-0.2, 0) is 11.3 Å². The number of hydrogen-bond acceptors (Lipinski definition) is 6. The van der Waals surface area contributed by atoms with Crippen LogP contribution >= 0.6 is 11.6 Å². The van der Waals surface area contributed by atoms with Crippen LogP contribution in [0.2, 0.25) is 5.15 Å². The summed E-state index contributed by atoms with van der Waals surface area (Å²) in [6.07, 6.45) is 0.244. The van der Waals surface area contributed by atoms with Gasteiger partial charge in [-0.25, -0.2) is 9.42 Å². The summed E-state index contributed by atoms with van der Waals surface area (Å²) in [5.41, 5.74) is 0.914. The van der Waals surface area contributed by atoms with E-state index in [4.69, 9.17) is 16.3 Å². The first kappa shape index (κ1) is 17.2. The van der Waals surface area contributed by atoms with E-state index in [-0.39, 0.29) is 29.5 Å². The molecule has 0 aliphatic carbocycles. The summed E-state index contributed by atoms with van der Waals surface area (Å²) in [6, 6.07) is 9.48. The van der Waals surface area contributed by atoms with Crippen LogP contribution in [0.25, 0.3) is 0 Å². The van der Waals surface area contributed by atoms with Crippen molar-refractivity contribution in [3.63, 3.8) is 0 Å². The predicted molar refractivity (Wildman–Crippen MR) is 88.0 cm³/mol. The standard InChI is InChI=1S/C16H17ClN4O4/c17-14-13(18-25-19-14)15(22)20-7-4-8-21(10-9-20)16(23)24-11-12-5-2-1-3-6-12/h1-3,5-6H,4,7-11H2. The quantitative estimate of drug-likeness (QED) is 0.829. The first-order chi connectivity index (χ1) is 12.1. The minimum absolute atomic E-state index is 0.0122. The van der Waals surface area contributed by atoms with Gasteiger partial charge in [0.05, 0.1) is 0 Å². The number of benzene rings is 1. The normalized spacial score (nSPS) is 14.9. The van der Waals surface area contributed by atoms with Gasteiger partial charge in [0.25, 0.3) is 5.91 Å². The van der Waals surface area contributed by atoms with Crippen molar-refractivity contribution in [1.82, 2.24) is 20.1 Å². The lowest BCUT2D eigenvalue weighted by Crippen LogP contribution is -2.37. The molecule has 1 saturated heterocycles. The molecule has 2 amide bonds. The molecule has 1 aromatic carbocycles. The predicted octanol–water partition coefficient (Wildman–Crippen LogP) is 2.21. The van der Waals surface area contributed by atoms with Crippen molar-refractivity contribution in [2.75, 3.05) is 26.2 Å². The molecule has 1 fully saturated rings. The van der Waals surface area contributed by atoms with Crippen molar-refractivity contribution in [2.45, 2.75) is 13.0 Å². The number of halogens is 1. The van der Waals surface area contributed by atoms with E-state index < -0.39 is 0 Å². The second-order valence-electron chi connectivity index (χ2n) is 5.58. The number of rotatable bonds is 3. The molecule has 1 aliphatic rings. The third-order valence-electron chi connectivity index (χ3n) is 3.90. The van der Waals surface area contributed by atoms with Crippen molar-refractivity contribution >= 4 is 23.6 Å². The fourth-order valence-electron chi connectivity index (χ4n) is 2.57. The highest BCUT2D eigenvalue weighted by Crippen LogP contribution is 2.15. The molecule has 1 aromatic heterocycles. The van der Waals surface area contributed by atoms with Crippen LogP contribution in [0.1, 0.15) is 22.5 Å². The second-order valence-corrected chi connectivity index (χ2v) is 5.93. The lowest BCUT2D eigenvalue weighted by atomic mass is 10.2. The van der Waals surface area contributed by atoms with Gasteiger partial charge in [-0.2, -0.15) is 0 Å². The van der Waals surface area contributed by atoms with Gasteiger partial charge in [-0.3, -0.25) is 4.79 Å². The molecule has 132 valence electrons. The van der Waals surface area contributed by atoms with E-state index in [2.05, 4.69) is 14.9 Å². The largest absolute Gasteiger partial charge is 0.445 e. The van der Waals surface area contributed by atoms with E-state index in [1.165, 1.54) is 0 Å². The lowest BCUT2D eigenvalue weighted by Gasteiger charge is -2.21. The third-order valence-corrected chi connectivity index (χ3v) is 4.15. The average molecular weight is 365 g/mol. The molecule has 9 heteroatoms. The van der Waals surface area contributed by atoms with E-state index in [9.17, 15) is 9.59 Å². The van der Waals surface area contributed by atoms with E-state index in [0.717, 1.165) is 5.56 Å². The van der Waals surface area contributed by atoms with Crippen molar-refractivity contribution in [3.8, 4) is 0 Å². The molecule has 8 nitrogen and oxygen atoms in total. The maximum atomic E-state index is 12.4. The number of nitrogens with zero attached hydrogens (tertiary/aromatic N) is 4. The van der Waals surface area contributed by atoms with Gasteiger partial charge < -0.3 is 14.5 Å². The highest BCUT2D eigenvalue weighted by Gasteiger charge is 2.27. The smallest absolute Gasteiger partial charge is 0.410 e. The molecular weight excluding hydrogens is 348 g/mol. The minimum Gasteiger partial charge on any atom is -0.445 e. The van der Waals surface area contributed by atoms with Gasteiger partial charge in [0.2, 0.25) is 10.8 Å². The van der Waals surface area contributed by atoms with Crippen molar-refractivity contribution < 1.29 is 19.0 Å². The zero-order valence-corrected chi connectivity index (χ0v) is 14.2. The maximum Gasteiger partial charge on any atom is 0.410 e. The van der Waals surface area contributed by atoms with Crippen LogP contribution in [0.4, 0.5) is 4.79 Å². The molecular formula is C16H17ClN4O4. The Morgan fingerprint density at radius 2 is 1.80 bits per heavy atom. The molecule has 2 heterocycles. The first-order valence-corrected chi connectivity index (χ1v) is 8.26. The summed E-state index contributed by atoms with van der Waals surface area (Å²) in [6.45, 7) is 1.97. The zero-order valence-electron chi connectivity index (χ0n) is 13.4. The van der Waals surface area contributed by atoms with Crippen LogP contribution in [0.3, 0.4) is 0 Å². The van der Waals surface area contributed by atoms with E-state index in [1.54, 1.807) is 9.80 Å². The van der Waals surface area contributed by atoms with Gasteiger partial charge >= 0.3 is 6.09 Å². The number of carbonyl (C=O) groups excluding carboxylic acids is 2. The van der Waals surface area contributed by atoms with Crippen LogP contribution < -0.4 is 0 Å². The summed E-state index contributed by atoms with van der Waals surface area (Å²) < 4.78 is 9.79. The molecule has 0 atom stereocenters. The van der Waals surface area contributed by atoms with Crippen molar-refractivity contribution in [2.24, 2.45) is 0 Å². The van der Waals surface area contributed by atoms with E-state index >= 15 is 0 Å². The van der Waals surface area contributed by atoms with Gasteiger partial charge in [-0.1, -0.05) is 41.9 Å². The molecule has 0 bridgehead atoms. The Morgan fingerprint density at radius 1 is 1.08 bits per heavy atom. The van der Waals surface area contributed by atoms with Crippen LogP contribution in [0.5, 0.6) is 0 Å². The highest BCUT2D eigenvalue weighted by molar-refractivity contribution is 6.32. The van der Waals surface area contributed by atoms with Crippen molar-refractivity contribution in [1.29, 1.82) is 0 Å². The fourth-order valence-corrected chi connectivity index (χ4v) is 2.71. The number of hydrogen-bond donors (Lipinski definition) is 0. The molecule has 0 N–H and O–H groups in total. The Kier molecular flexibility index (Phi) is 5.49. The summed E-state index contributed by atoms with van der Waals surface area (Å²) >= 11 is 5.77. The maximum absolute atomic E-state index is 12.4. The summed E-state index contributed by atoms with van der Waals surface area (Å²) in [4.78, 5) is 27.8. The molecule has 1 aliphatic heterocycles. The fraction of sp³-hybridized carbons (Fsp3) is 0.375. The Morgan fingerprint density at radius 3 is 2.52 bits per heavy atom. The van der Waals surface area contributed by atoms with E-state index in [0.29, 0.717) is 32.6 Å². The number of amides is 2. The lowest BCUT2D eigenvalue weighted by molar-refractivity contribution is 0.0738. The molecule has 0 spiro atoms. The SMILES string of the molecule is O=C(OCc1ccccc1)N1CCCN(C(=O)c2nonc2Cl)CC1. The average Bonchev–Trinajstić information content (AvgIpc) is 2.92. The number of carbonyl (C=O) groups is 2. The van der Waals surface area contributed by atoms with E-state index in [1.807, 2.05) is 30.3 Å². The molecule has 2 aromatic rings. The zero-order chi connectivity index (χ0) is 17.6. The van der Waals surface area contributed by atoms with Crippen molar-refractivity contribution in [3.05, 3.63) is 46.7 Å². The van der Waals surface area contributed by atoms with Crippen LogP contribution in [0.15, 0.2) is 35.0 Å². The molecule has 0 radical (unpaired) electrons. The monoisotopic (exact) mass is 364 g/mol.